The lowest BCUT2D eigenvalue weighted by Gasteiger charge is -2.04. The van der Waals surface area contributed by atoms with Crippen LogP contribution in [0.4, 0.5) is 0 Å². The van der Waals surface area contributed by atoms with Crippen molar-refractivity contribution in [3.05, 3.63) is 47.5 Å². The average molecular weight is 171 g/mol. The highest BCUT2D eigenvalue weighted by molar-refractivity contribution is 5.36. The number of rotatable bonds is 3. The molecule has 67 valence electrons. The summed E-state index contributed by atoms with van der Waals surface area (Å²) in [5, 5.41) is 0. The molecule has 0 amide bonds. The summed E-state index contributed by atoms with van der Waals surface area (Å²) in [7, 11) is 0. The molecule has 0 spiro atoms. The fraction of sp³-hybridized carbons (Fsp3) is 0.385. The molecule has 1 aliphatic rings. The monoisotopic (exact) mass is 171 g/mol. The fourth-order valence-electron chi connectivity index (χ4n) is 1.68. The first-order valence-corrected chi connectivity index (χ1v) is 5.00. The molecule has 1 aliphatic carbocycles. The summed E-state index contributed by atoms with van der Waals surface area (Å²) in [6, 6.07) is 6.74. The van der Waals surface area contributed by atoms with Crippen LogP contribution in [0.5, 0.6) is 0 Å². The first-order chi connectivity index (χ1) is 6.33. The Bertz CT molecular complexity index is 319. The van der Waals surface area contributed by atoms with Gasteiger partial charge >= 0.3 is 0 Å². The van der Waals surface area contributed by atoms with Crippen molar-refractivity contribution in [1.29, 1.82) is 0 Å². The van der Waals surface area contributed by atoms with Crippen molar-refractivity contribution in [3.63, 3.8) is 0 Å². The Morgan fingerprint density at radius 1 is 1.38 bits per heavy atom. The molecule has 0 atom stereocenters. The first-order valence-electron chi connectivity index (χ1n) is 5.00. The second kappa shape index (κ2) is 3.37. The summed E-state index contributed by atoms with van der Waals surface area (Å²) in [6.07, 6.45) is 6.81. The molecule has 1 aromatic rings. The lowest BCUT2D eigenvalue weighted by atomic mass is 10.0. The van der Waals surface area contributed by atoms with Gasteiger partial charge in [-0.1, -0.05) is 31.7 Å². The molecule has 0 heteroatoms. The van der Waals surface area contributed by atoms with Crippen molar-refractivity contribution in [2.24, 2.45) is 0 Å². The topological polar surface area (TPSA) is 0 Å². The predicted molar refractivity (Wildman–Crippen MR) is 55.8 cm³/mol. The van der Waals surface area contributed by atoms with Crippen LogP contribution in [0.1, 0.15) is 42.4 Å². The molecule has 0 bridgehead atoms. The van der Waals surface area contributed by atoms with E-state index in [4.69, 9.17) is 0 Å². The third-order valence-electron chi connectivity index (χ3n) is 2.68. The van der Waals surface area contributed by atoms with Crippen molar-refractivity contribution in [1.82, 2.24) is 0 Å². The van der Waals surface area contributed by atoms with Gasteiger partial charge in [0.1, 0.15) is 0 Å². The standard InChI is InChI=1S/C13H15/c1-3-10-7-11(4-2)9-13(8-10)12-5-6-12/h7-9,12H,1,4-6H2,2H3. The fourth-order valence-corrected chi connectivity index (χ4v) is 1.68. The van der Waals surface area contributed by atoms with Crippen LogP contribution < -0.4 is 0 Å². The highest BCUT2D eigenvalue weighted by Crippen LogP contribution is 2.40. The van der Waals surface area contributed by atoms with Gasteiger partial charge in [-0.2, -0.15) is 0 Å². The molecule has 0 aromatic heterocycles. The van der Waals surface area contributed by atoms with E-state index in [0.29, 0.717) is 0 Å². The summed E-state index contributed by atoms with van der Waals surface area (Å²) < 4.78 is 0. The van der Waals surface area contributed by atoms with Gasteiger partial charge in [0.2, 0.25) is 0 Å². The van der Waals surface area contributed by atoms with Crippen LogP contribution in [0.2, 0.25) is 0 Å². The Labute approximate surface area is 80.3 Å². The minimum Gasteiger partial charge on any atom is -0.0906 e. The van der Waals surface area contributed by atoms with Gasteiger partial charge in [-0.15, -0.1) is 0 Å². The summed E-state index contributed by atoms with van der Waals surface area (Å²) in [6.45, 7) is 5.90. The molecule has 1 aromatic carbocycles. The molecule has 0 N–H and O–H groups in total. The molecule has 0 heterocycles. The molecule has 1 saturated carbocycles. The van der Waals surface area contributed by atoms with Crippen LogP contribution in [0.3, 0.4) is 0 Å². The van der Waals surface area contributed by atoms with Crippen molar-refractivity contribution < 1.29 is 0 Å². The van der Waals surface area contributed by atoms with Gasteiger partial charge in [-0.3, -0.25) is 0 Å². The smallest absolute Gasteiger partial charge is 0.0161 e. The van der Waals surface area contributed by atoms with Crippen LogP contribution in [0.15, 0.2) is 24.8 Å². The Hall–Kier alpha value is -1.04. The molecule has 1 fully saturated rings. The average Bonchev–Trinajstić information content (AvgIpc) is 3.00. The van der Waals surface area contributed by atoms with E-state index in [1.54, 1.807) is 0 Å². The third-order valence-corrected chi connectivity index (χ3v) is 2.68. The van der Waals surface area contributed by atoms with Gasteiger partial charge in [0.05, 0.1) is 0 Å². The number of hydrogen-bond donors (Lipinski definition) is 0. The van der Waals surface area contributed by atoms with Crippen molar-refractivity contribution in [2.75, 3.05) is 0 Å². The van der Waals surface area contributed by atoms with Crippen LogP contribution >= 0.6 is 0 Å². The van der Waals surface area contributed by atoms with Gasteiger partial charge in [-0.25, -0.2) is 0 Å². The van der Waals surface area contributed by atoms with Gasteiger partial charge in [0.15, 0.2) is 0 Å². The van der Waals surface area contributed by atoms with Crippen molar-refractivity contribution in [2.45, 2.75) is 32.1 Å². The largest absolute Gasteiger partial charge is 0.0906 e. The van der Waals surface area contributed by atoms with Crippen LogP contribution in [0, 0.1) is 6.08 Å². The Balaban J connectivity index is 2.38. The van der Waals surface area contributed by atoms with Crippen LogP contribution in [-0.2, 0) is 6.42 Å². The molecule has 1 radical (unpaired) electrons. The van der Waals surface area contributed by atoms with E-state index in [0.717, 1.165) is 17.9 Å². The van der Waals surface area contributed by atoms with E-state index in [2.05, 4.69) is 37.8 Å². The van der Waals surface area contributed by atoms with E-state index < -0.39 is 0 Å². The Morgan fingerprint density at radius 3 is 2.69 bits per heavy atom. The minimum absolute atomic E-state index is 0.832. The van der Waals surface area contributed by atoms with Gasteiger partial charge in [0, 0.05) is 0 Å². The quantitative estimate of drug-likeness (QED) is 0.653. The minimum atomic E-state index is 0.832. The van der Waals surface area contributed by atoms with Crippen molar-refractivity contribution >= 4 is 0 Å². The summed E-state index contributed by atoms with van der Waals surface area (Å²) in [5.74, 6) is 0.832. The molecule has 0 unspecified atom stereocenters. The lowest BCUT2D eigenvalue weighted by molar-refractivity contribution is 1.07. The third kappa shape index (κ3) is 1.82. The number of aryl methyl sites for hydroxylation is 1. The van der Waals surface area contributed by atoms with E-state index in [1.165, 1.54) is 24.0 Å². The maximum Gasteiger partial charge on any atom is -0.0161 e. The van der Waals surface area contributed by atoms with Gasteiger partial charge < -0.3 is 0 Å². The van der Waals surface area contributed by atoms with Crippen LogP contribution in [0.25, 0.3) is 0 Å². The molecule has 0 aliphatic heterocycles. The second-order valence-corrected chi connectivity index (χ2v) is 3.77. The molecular formula is C13H15. The van der Waals surface area contributed by atoms with E-state index >= 15 is 0 Å². The first kappa shape index (κ1) is 8.55. The normalized spacial score (nSPS) is 15.8. The molecule has 0 saturated heterocycles. The summed E-state index contributed by atoms with van der Waals surface area (Å²) in [4.78, 5) is 0. The molecule has 0 nitrogen and oxygen atoms in total. The van der Waals surface area contributed by atoms with E-state index in [1.807, 2.05) is 0 Å². The van der Waals surface area contributed by atoms with Gasteiger partial charge in [-0.05, 0) is 47.9 Å². The van der Waals surface area contributed by atoms with Crippen molar-refractivity contribution in [3.8, 4) is 0 Å². The summed E-state index contributed by atoms with van der Waals surface area (Å²) in [5.41, 5.74) is 4.06. The lowest BCUT2D eigenvalue weighted by Crippen LogP contribution is -1.87. The number of hydrogen-bond acceptors (Lipinski definition) is 0. The second-order valence-electron chi connectivity index (χ2n) is 3.77. The molecular weight excluding hydrogens is 156 g/mol. The zero-order valence-corrected chi connectivity index (χ0v) is 8.14. The van der Waals surface area contributed by atoms with Gasteiger partial charge in [0.25, 0.3) is 0 Å². The van der Waals surface area contributed by atoms with E-state index in [-0.39, 0.29) is 0 Å². The molecule has 2 rings (SSSR count). The molecule has 13 heavy (non-hydrogen) atoms. The van der Waals surface area contributed by atoms with E-state index in [9.17, 15) is 0 Å². The predicted octanol–water partition coefficient (Wildman–Crippen LogP) is 3.46. The van der Waals surface area contributed by atoms with Crippen LogP contribution in [-0.4, -0.2) is 0 Å². The Morgan fingerprint density at radius 2 is 2.15 bits per heavy atom. The highest BCUT2D eigenvalue weighted by Gasteiger charge is 2.23. The SMILES string of the molecule is C=[C]c1cc(CC)cc(C2CC2)c1. The maximum absolute atomic E-state index is 3.70. The summed E-state index contributed by atoms with van der Waals surface area (Å²) >= 11 is 0. The zero-order chi connectivity index (χ0) is 9.26. The number of benzene rings is 1. The highest BCUT2D eigenvalue weighted by atomic mass is 14.3. The maximum atomic E-state index is 3.70. The zero-order valence-electron chi connectivity index (χ0n) is 8.14. The Kier molecular flexibility index (Phi) is 2.22.